The van der Waals surface area contributed by atoms with E-state index in [1.165, 1.54) is 0 Å². The van der Waals surface area contributed by atoms with Gasteiger partial charge in [-0.25, -0.2) is 0 Å². The number of aliphatic hydroxyl groups is 1. The molecule has 10 heteroatoms. The number of nitrogens with zero attached hydrogens (tertiary/aromatic N) is 4. The highest BCUT2D eigenvalue weighted by Gasteiger charge is 2.43. The summed E-state index contributed by atoms with van der Waals surface area (Å²) in [6, 6.07) is 8.35. The minimum Gasteiger partial charge on any atom is -0.396 e. The van der Waals surface area contributed by atoms with Crippen molar-refractivity contribution < 1.29 is 5.11 Å². The van der Waals surface area contributed by atoms with Gasteiger partial charge in [0.05, 0.1) is 13.2 Å². The number of benzene rings is 1. The monoisotopic (exact) mass is 455 g/mol. The normalized spacial score (nSPS) is 23.6. The number of nitrogens with one attached hydrogen (secondary N) is 2. The van der Waals surface area contributed by atoms with Crippen LogP contribution in [0, 0.1) is 12.3 Å². The number of aryl methyl sites for hydroxylation is 1. The lowest BCUT2D eigenvalue weighted by molar-refractivity contribution is -0.0156. The molecule has 166 valence electrons. The van der Waals surface area contributed by atoms with Gasteiger partial charge in [-0.1, -0.05) is 12.1 Å². The van der Waals surface area contributed by atoms with Gasteiger partial charge in [-0.05, 0) is 57.0 Å². The zero-order valence-electron chi connectivity index (χ0n) is 17.2. The highest BCUT2D eigenvalue weighted by molar-refractivity contribution is 5.85. The molecule has 0 radical (unpaired) electrons. The number of halogens is 2. The van der Waals surface area contributed by atoms with E-state index >= 15 is 0 Å². The van der Waals surface area contributed by atoms with Crippen molar-refractivity contribution in [3.05, 3.63) is 35.7 Å². The Balaban J connectivity index is 0.00000160. The molecule has 30 heavy (non-hydrogen) atoms. The van der Waals surface area contributed by atoms with Gasteiger partial charge in [0.2, 0.25) is 11.9 Å². The van der Waals surface area contributed by atoms with Gasteiger partial charge in [0, 0.05) is 23.7 Å². The smallest absolute Gasteiger partial charge is 0.232 e. The molecule has 2 aliphatic heterocycles. The van der Waals surface area contributed by atoms with Crippen LogP contribution in [-0.2, 0) is 6.54 Å². The van der Waals surface area contributed by atoms with Crippen molar-refractivity contribution in [3.8, 4) is 0 Å². The molecule has 0 amide bonds. The summed E-state index contributed by atoms with van der Waals surface area (Å²) in [6.45, 7) is 5.73. The number of aromatic nitrogens is 3. The molecular weight excluding hydrogens is 425 g/mol. The number of nitrogen functional groups attached to an aromatic ring is 1. The number of fused-ring (bicyclic) bond motifs is 1. The van der Waals surface area contributed by atoms with Crippen molar-refractivity contribution in [1.29, 1.82) is 0 Å². The van der Waals surface area contributed by atoms with Crippen LogP contribution in [0.4, 0.5) is 17.6 Å². The summed E-state index contributed by atoms with van der Waals surface area (Å²) in [5.41, 5.74) is 8.03. The Morgan fingerprint density at radius 2 is 2.10 bits per heavy atom. The highest BCUT2D eigenvalue weighted by atomic mass is 35.5. The first-order valence-electron chi connectivity index (χ1n) is 9.97. The van der Waals surface area contributed by atoms with Crippen LogP contribution in [0.15, 0.2) is 24.3 Å². The van der Waals surface area contributed by atoms with Crippen LogP contribution in [0.25, 0.3) is 0 Å². The number of aliphatic hydroxyl groups excluding tert-OH is 1. The number of likely N-dealkylation sites (tertiary alicyclic amines) is 1. The van der Waals surface area contributed by atoms with Crippen LogP contribution in [0.2, 0.25) is 0 Å². The maximum atomic E-state index is 9.97. The molecule has 2 atom stereocenters. The summed E-state index contributed by atoms with van der Waals surface area (Å²) in [7, 11) is 0. The van der Waals surface area contributed by atoms with Gasteiger partial charge >= 0.3 is 0 Å². The van der Waals surface area contributed by atoms with Gasteiger partial charge in [-0.2, -0.15) is 15.0 Å². The van der Waals surface area contributed by atoms with Crippen LogP contribution in [0.5, 0.6) is 0 Å². The van der Waals surface area contributed by atoms with Crippen LogP contribution >= 0.6 is 24.8 Å². The topological polar surface area (TPSA) is 112 Å². The molecule has 0 saturated carbocycles. The molecule has 4 rings (SSSR count). The molecule has 0 aliphatic carbocycles. The van der Waals surface area contributed by atoms with E-state index in [1.54, 1.807) is 0 Å². The van der Waals surface area contributed by atoms with Crippen LogP contribution in [-0.4, -0.2) is 57.2 Å². The number of hydrogen-bond donors (Lipinski definition) is 4. The Bertz CT molecular complexity index is 841. The SMILES string of the molecule is Cc1cccc(Nc2nc(N)nc(CN3CC[C@@]4(CO)CCCN[C@@H]4C3)n2)c1.Cl.Cl. The quantitative estimate of drug-likeness (QED) is 0.542. The third-order valence-electron chi connectivity index (χ3n) is 6.00. The van der Waals surface area contributed by atoms with Crippen molar-refractivity contribution >= 4 is 42.4 Å². The number of hydrogen-bond acceptors (Lipinski definition) is 8. The molecule has 1 aromatic heterocycles. The molecule has 0 bridgehead atoms. The van der Waals surface area contributed by atoms with Crippen molar-refractivity contribution in [1.82, 2.24) is 25.2 Å². The third-order valence-corrected chi connectivity index (χ3v) is 6.00. The summed E-state index contributed by atoms with van der Waals surface area (Å²) >= 11 is 0. The second kappa shape index (κ2) is 10.5. The van der Waals surface area contributed by atoms with Crippen LogP contribution < -0.4 is 16.4 Å². The van der Waals surface area contributed by atoms with Gasteiger partial charge in [0.25, 0.3) is 0 Å². The minimum atomic E-state index is 0. The molecule has 1 aromatic carbocycles. The standard InChI is InChI=1S/C20H29N7O.2ClH/c1-14-4-2-5-15(10-14)23-19-25-17(24-18(21)26-19)12-27-9-7-20(13-28)6-3-8-22-16(20)11-27;;/h2,4-5,10,16,22,28H,3,6-9,11-13H2,1H3,(H3,21,23,24,25,26);2*1H/t16-,20-;;/m1../s1. The third kappa shape index (κ3) is 5.50. The Kier molecular flexibility index (Phi) is 8.63. The van der Waals surface area contributed by atoms with E-state index in [0.29, 0.717) is 24.4 Å². The summed E-state index contributed by atoms with van der Waals surface area (Å²) in [4.78, 5) is 15.5. The van der Waals surface area contributed by atoms with E-state index in [0.717, 1.165) is 50.1 Å². The summed E-state index contributed by atoms with van der Waals surface area (Å²) in [6.07, 6.45) is 3.21. The van der Waals surface area contributed by atoms with Crippen molar-refractivity contribution in [3.63, 3.8) is 0 Å². The molecule has 2 saturated heterocycles. The largest absolute Gasteiger partial charge is 0.396 e. The lowest BCUT2D eigenvalue weighted by atomic mass is 9.70. The molecule has 2 fully saturated rings. The fraction of sp³-hybridized carbons (Fsp3) is 0.550. The number of piperidine rings is 2. The van der Waals surface area contributed by atoms with Crippen molar-refractivity contribution in [2.24, 2.45) is 5.41 Å². The van der Waals surface area contributed by atoms with E-state index in [1.807, 2.05) is 31.2 Å². The first kappa shape index (κ1) is 24.6. The summed E-state index contributed by atoms with van der Waals surface area (Å²) in [5.74, 6) is 1.35. The van der Waals surface area contributed by atoms with Gasteiger partial charge < -0.3 is 21.5 Å². The molecule has 0 spiro atoms. The fourth-order valence-electron chi connectivity index (χ4n) is 4.42. The van der Waals surface area contributed by atoms with E-state index in [4.69, 9.17) is 5.73 Å². The lowest BCUT2D eigenvalue weighted by Gasteiger charge is -2.50. The molecule has 3 heterocycles. The fourth-order valence-corrected chi connectivity index (χ4v) is 4.42. The van der Waals surface area contributed by atoms with Gasteiger partial charge in [-0.3, -0.25) is 4.90 Å². The molecule has 2 aliphatic rings. The van der Waals surface area contributed by atoms with E-state index in [9.17, 15) is 5.11 Å². The van der Waals surface area contributed by atoms with Crippen LogP contribution in [0.1, 0.15) is 30.7 Å². The first-order valence-corrected chi connectivity index (χ1v) is 9.97. The average molecular weight is 456 g/mol. The Morgan fingerprint density at radius 1 is 1.27 bits per heavy atom. The Labute approximate surface area is 189 Å². The number of nitrogens with two attached hydrogens (primary N) is 1. The lowest BCUT2D eigenvalue weighted by Crippen LogP contribution is -2.61. The average Bonchev–Trinajstić information content (AvgIpc) is 2.67. The predicted molar refractivity (Wildman–Crippen MR) is 124 cm³/mol. The maximum absolute atomic E-state index is 9.97. The zero-order valence-corrected chi connectivity index (χ0v) is 18.8. The molecule has 8 nitrogen and oxygen atoms in total. The van der Waals surface area contributed by atoms with Gasteiger partial charge in [-0.15, -0.1) is 24.8 Å². The minimum absolute atomic E-state index is 0. The number of rotatable bonds is 5. The molecule has 2 aromatic rings. The summed E-state index contributed by atoms with van der Waals surface area (Å²) in [5, 5.41) is 16.8. The predicted octanol–water partition coefficient (Wildman–Crippen LogP) is 2.29. The van der Waals surface area contributed by atoms with E-state index < -0.39 is 0 Å². The zero-order chi connectivity index (χ0) is 19.6. The van der Waals surface area contributed by atoms with E-state index in [-0.39, 0.29) is 42.8 Å². The van der Waals surface area contributed by atoms with Crippen molar-refractivity contribution in [2.45, 2.75) is 38.8 Å². The molecule has 5 N–H and O–H groups in total. The molecular formula is C20H31Cl2N7O. The first-order chi connectivity index (χ1) is 13.6. The Morgan fingerprint density at radius 3 is 2.87 bits per heavy atom. The highest BCUT2D eigenvalue weighted by Crippen LogP contribution is 2.38. The second-order valence-corrected chi connectivity index (χ2v) is 8.04. The van der Waals surface area contributed by atoms with Gasteiger partial charge in [0.15, 0.2) is 0 Å². The van der Waals surface area contributed by atoms with Gasteiger partial charge in [0.1, 0.15) is 5.82 Å². The summed E-state index contributed by atoms with van der Waals surface area (Å²) < 4.78 is 0. The maximum Gasteiger partial charge on any atom is 0.232 e. The molecule has 0 unspecified atom stereocenters. The van der Waals surface area contributed by atoms with Crippen molar-refractivity contribution in [2.75, 3.05) is 37.3 Å². The van der Waals surface area contributed by atoms with Crippen LogP contribution in [0.3, 0.4) is 0 Å². The second-order valence-electron chi connectivity index (χ2n) is 8.04. The Hall–Kier alpha value is -1.71. The number of anilines is 3. The van der Waals surface area contributed by atoms with E-state index in [2.05, 4.69) is 30.5 Å².